The zero-order valence-electron chi connectivity index (χ0n) is 11.2. The molecule has 0 aliphatic carbocycles. The molecule has 5 nitrogen and oxygen atoms in total. The number of hydrogen-bond acceptors (Lipinski definition) is 4. The number of benzene rings is 2. The van der Waals surface area contributed by atoms with Crippen LogP contribution in [0.5, 0.6) is 5.75 Å². The Hall–Kier alpha value is -2.18. The molecule has 7 heteroatoms. The number of amides is 1. The average Bonchev–Trinajstić information content (AvgIpc) is 2.46. The number of nitrogens with one attached hydrogen (secondary N) is 1. The summed E-state index contributed by atoms with van der Waals surface area (Å²) in [6.45, 7) is 0. The Morgan fingerprint density at radius 3 is 2.45 bits per heavy atom. The van der Waals surface area contributed by atoms with E-state index in [1.807, 2.05) is 0 Å². The number of thioether (sulfide) groups is 1. The number of halogens is 1. The first-order chi connectivity index (χ1) is 10.5. The third-order valence-electron chi connectivity index (χ3n) is 2.69. The van der Waals surface area contributed by atoms with Gasteiger partial charge in [-0.3, -0.25) is 4.79 Å². The Bertz CT molecular complexity index is 703. The summed E-state index contributed by atoms with van der Waals surface area (Å²) in [7, 11) is 0. The summed E-state index contributed by atoms with van der Waals surface area (Å²) < 4.78 is 0. The van der Waals surface area contributed by atoms with Crippen LogP contribution in [0, 0.1) is 0 Å². The van der Waals surface area contributed by atoms with Crippen molar-refractivity contribution in [1.29, 1.82) is 0 Å². The lowest BCUT2D eigenvalue weighted by atomic mass is 10.2. The smallest absolute Gasteiger partial charge is 0.337 e. The molecule has 114 valence electrons. The number of rotatable bonds is 5. The van der Waals surface area contributed by atoms with Gasteiger partial charge in [-0.15, -0.1) is 11.8 Å². The SMILES string of the molecule is O=C(CSc1ccc(O)cc1)Nc1cc(Cl)ccc1C(=O)O. The highest BCUT2D eigenvalue weighted by molar-refractivity contribution is 8.00. The molecule has 0 saturated heterocycles. The Kier molecular flexibility index (Phi) is 5.30. The van der Waals surface area contributed by atoms with Gasteiger partial charge in [0, 0.05) is 9.92 Å². The van der Waals surface area contributed by atoms with E-state index in [0.717, 1.165) is 4.90 Å². The molecule has 0 radical (unpaired) electrons. The third kappa shape index (κ3) is 4.41. The van der Waals surface area contributed by atoms with E-state index in [-0.39, 0.29) is 28.7 Å². The topological polar surface area (TPSA) is 86.6 Å². The van der Waals surface area contributed by atoms with Crippen LogP contribution in [0.4, 0.5) is 5.69 Å². The maximum absolute atomic E-state index is 11.9. The lowest BCUT2D eigenvalue weighted by Gasteiger charge is -2.09. The lowest BCUT2D eigenvalue weighted by molar-refractivity contribution is -0.113. The molecule has 22 heavy (non-hydrogen) atoms. The quantitative estimate of drug-likeness (QED) is 0.727. The van der Waals surface area contributed by atoms with Gasteiger partial charge in [-0.05, 0) is 42.5 Å². The summed E-state index contributed by atoms with van der Waals surface area (Å²) in [4.78, 5) is 23.8. The fraction of sp³-hybridized carbons (Fsp3) is 0.0667. The number of anilines is 1. The lowest BCUT2D eigenvalue weighted by Crippen LogP contribution is -2.16. The van der Waals surface area contributed by atoms with Crippen LogP contribution in [-0.2, 0) is 4.79 Å². The first kappa shape index (κ1) is 16.2. The normalized spacial score (nSPS) is 10.2. The number of aromatic hydroxyl groups is 1. The molecule has 2 aromatic carbocycles. The molecule has 3 N–H and O–H groups in total. The van der Waals surface area contributed by atoms with Crippen LogP contribution in [-0.4, -0.2) is 27.8 Å². The van der Waals surface area contributed by atoms with E-state index in [1.54, 1.807) is 12.1 Å². The summed E-state index contributed by atoms with van der Waals surface area (Å²) >= 11 is 7.09. The molecule has 0 heterocycles. The van der Waals surface area contributed by atoms with E-state index in [4.69, 9.17) is 16.7 Å². The fourth-order valence-corrected chi connectivity index (χ4v) is 2.55. The van der Waals surface area contributed by atoms with E-state index < -0.39 is 5.97 Å². The molecule has 0 unspecified atom stereocenters. The van der Waals surface area contributed by atoms with Gasteiger partial charge in [0.15, 0.2) is 0 Å². The number of hydrogen-bond donors (Lipinski definition) is 3. The van der Waals surface area contributed by atoms with Crippen LogP contribution in [0.2, 0.25) is 5.02 Å². The van der Waals surface area contributed by atoms with Crippen LogP contribution >= 0.6 is 23.4 Å². The number of phenols is 1. The Balaban J connectivity index is 2.01. The van der Waals surface area contributed by atoms with Crippen molar-refractivity contribution in [3.63, 3.8) is 0 Å². The number of carboxylic acid groups (broad SMARTS) is 1. The minimum Gasteiger partial charge on any atom is -0.508 e. The highest BCUT2D eigenvalue weighted by atomic mass is 35.5. The van der Waals surface area contributed by atoms with Crippen molar-refractivity contribution in [3.8, 4) is 5.75 Å². The number of carbonyl (C=O) groups excluding carboxylic acids is 1. The van der Waals surface area contributed by atoms with Gasteiger partial charge in [-0.2, -0.15) is 0 Å². The summed E-state index contributed by atoms with van der Waals surface area (Å²) in [5.74, 6) is -1.23. The average molecular weight is 338 g/mol. The molecule has 0 fully saturated rings. The second-order valence-electron chi connectivity index (χ2n) is 4.33. The van der Waals surface area contributed by atoms with Crippen LogP contribution in [0.25, 0.3) is 0 Å². The summed E-state index contributed by atoms with van der Waals surface area (Å²) in [6, 6.07) is 10.6. The third-order valence-corrected chi connectivity index (χ3v) is 3.94. The zero-order chi connectivity index (χ0) is 16.1. The molecule has 2 rings (SSSR count). The summed E-state index contributed by atoms with van der Waals surface area (Å²) in [5.41, 5.74) is 0.142. The standard InChI is InChI=1S/C15H12ClNO4S/c16-9-1-6-12(15(20)21)13(7-9)17-14(19)8-22-11-4-2-10(18)3-5-11/h1-7,18H,8H2,(H,17,19)(H,20,21). The molecule has 2 aromatic rings. The molecular formula is C15H12ClNO4S. The van der Waals surface area contributed by atoms with Crippen molar-refractivity contribution < 1.29 is 19.8 Å². The summed E-state index contributed by atoms with van der Waals surface area (Å²) in [5, 5.41) is 21.1. The largest absolute Gasteiger partial charge is 0.508 e. The van der Waals surface area contributed by atoms with Crippen molar-refractivity contribution in [1.82, 2.24) is 0 Å². The van der Waals surface area contributed by atoms with E-state index in [2.05, 4.69) is 5.32 Å². The molecule has 0 aromatic heterocycles. The number of carbonyl (C=O) groups is 2. The Morgan fingerprint density at radius 1 is 1.14 bits per heavy atom. The van der Waals surface area contributed by atoms with Gasteiger partial charge in [0.05, 0.1) is 17.0 Å². The minimum atomic E-state index is -1.14. The molecule has 0 aliphatic heterocycles. The second kappa shape index (κ2) is 7.20. The molecular weight excluding hydrogens is 326 g/mol. The first-order valence-corrected chi connectivity index (χ1v) is 7.56. The first-order valence-electron chi connectivity index (χ1n) is 6.20. The van der Waals surface area contributed by atoms with Crippen molar-refractivity contribution in [2.75, 3.05) is 11.1 Å². The number of carboxylic acids is 1. The van der Waals surface area contributed by atoms with Gasteiger partial charge < -0.3 is 15.5 Å². The second-order valence-corrected chi connectivity index (χ2v) is 5.81. The minimum absolute atomic E-state index is 0.0209. The molecule has 0 spiro atoms. The van der Waals surface area contributed by atoms with Crippen LogP contribution in [0.15, 0.2) is 47.4 Å². The Labute approximate surface area is 135 Å². The number of aromatic carboxylic acids is 1. The monoisotopic (exact) mass is 337 g/mol. The molecule has 0 atom stereocenters. The van der Waals surface area contributed by atoms with E-state index >= 15 is 0 Å². The van der Waals surface area contributed by atoms with Crippen LogP contribution in [0.3, 0.4) is 0 Å². The van der Waals surface area contributed by atoms with Gasteiger partial charge in [-0.25, -0.2) is 4.79 Å². The Morgan fingerprint density at radius 2 is 1.82 bits per heavy atom. The maximum Gasteiger partial charge on any atom is 0.337 e. The van der Waals surface area contributed by atoms with Gasteiger partial charge >= 0.3 is 5.97 Å². The maximum atomic E-state index is 11.9. The van der Waals surface area contributed by atoms with Gasteiger partial charge in [-0.1, -0.05) is 11.6 Å². The van der Waals surface area contributed by atoms with Gasteiger partial charge in [0.25, 0.3) is 0 Å². The predicted octanol–water partition coefficient (Wildman–Crippen LogP) is 3.47. The highest BCUT2D eigenvalue weighted by Crippen LogP contribution is 2.23. The van der Waals surface area contributed by atoms with E-state index in [0.29, 0.717) is 5.02 Å². The van der Waals surface area contributed by atoms with Crippen molar-refractivity contribution >= 4 is 40.9 Å². The van der Waals surface area contributed by atoms with Crippen LogP contribution in [0.1, 0.15) is 10.4 Å². The predicted molar refractivity (Wildman–Crippen MR) is 85.9 cm³/mol. The molecule has 0 bridgehead atoms. The molecule has 1 amide bonds. The van der Waals surface area contributed by atoms with Crippen molar-refractivity contribution in [2.45, 2.75) is 4.90 Å². The fourth-order valence-electron chi connectivity index (χ4n) is 1.68. The van der Waals surface area contributed by atoms with Gasteiger partial charge in [0.2, 0.25) is 5.91 Å². The molecule has 0 saturated carbocycles. The van der Waals surface area contributed by atoms with E-state index in [9.17, 15) is 14.7 Å². The van der Waals surface area contributed by atoms with Crippen molar-refractivity contribution in [3.05, 3.63) is 53.1 Å². The zero-order valence-corrected chi connectivity index (χ0v) is 12.8. The van der Waals surface area contributed by atoms with Gasteiger partial charge in [0.1, 0.15) is 5.75 Å². The van der Waals surface area contributed by atoms with Crippen molar-refractivity contribution in [2.24, 2.45) is 0 Å². The van der Waals surface area contributed by atoms with Crippen LogP contribution < -0.4 is 5.32 Å². The molecule has 0 aliphatic rings. The van der Waals surface area contributed by atoms with E-state index in [1.165, 1.54) is 42.1 Å². The highest BCUT2D eigenvalue weighted by Gasteiger charge is 2.13. The summed E-state index contributed by atoms with van der Waals surface area (Å²) in [6.07, 6.45) is 0. The number of phenolic OH excluding ortho intramolecular Hbond substituents is 1.